The first-order valence-electron chi connectivity index (χ1n) is 3.76. The standard InChI is InChI=1S/C9H8BrFO2/c1-2-13-8-4-6(5-12)3-7(11)9(8)10/h3-5H,2H2,1H3. The van der Waals surface area contributed by atoms with Gasteiger partial charge in [0.25, 0.3) is 0 Å². The van der Waals surface area contributed by atoms with Gasteiger partial charge in [0.05, 0.1) is 11.1 Å². The molecule has 70 valence electrons. The summed E-state index contributed by atoms with van der Waals surface area (Å²) in [6, 6.07) is 2.64. The zero-order valence-electron chi connectivity index (χ0n) is 7.01. The number of ether oxygens (including phenoxy) is 1. The molecule has 0 atom stereocenters. The van der Waals surface area contributed by atoms with E-state index >= 15 is 0 Å². The minimum Gasteiger partial charge on any atom is -0.493 e. The first kappa shape index (κ1) is 10.2. The van der Waals surface area contributed by atoms with Gasteiger partial charge in [-0.05, 0) is 35.0 Å². The maximum Gasteiger partial charge on any atom is 0.150 e. The van der Waals surface area contributed by atoms with E-state index in [1.807, 2.05) is 0 Å². The van der Waals surface area contributed by atoms with Crippen LogP contribution < -0.4 is 4.74 Å². The molecule has 0 saturated carbocycles. The molecule has 1 rings (SSSR count). The molecule has 0 amide bonds. The van der Waals surface area contributed by atoms with E-state index in [0.29, 0.717) is 18.6 Å². The van der Waals surface area contributed by atoms with E-state index in [4.69, 9.17) is 4.74 Å². The fourth-order valence-electron chi connectivity index (χ4n) is 0.912. The Hall–Kier alpha value is -0.900. The molecule has 0 aliphatic heterocycles. The molecule has 1 aromatic rings. The SMILES string of the molecule is CCOc1cc(C=O)cc(F)c1Br. The average molecular weight is 247 g/mol. The molecular weight excluding hydrogens is 239 g/mol. The summed E-state index contributed by atoms with van der Waals surface area (Å²) in [5.74, 6) is -0.141. The van der Waals surface area contributed by atoms with E-state index < -0.39 is 5.82 Å². The summed E-state index contributed by atoms with van der Waals surface area (Å²) in [4.78, 5) is 10.4. The van der Waals surface area contributed by atoms with Gasteiger partial charge in [-0.1, -0.05) is 0 Å². The van der Waals surface area contributed by atoms with Gasteiger partial charge in [0, 0.05) is 5.56 Å². The number of carbonyl (C=O) groups excluding carboxylic acids is 1. The lowest BCUT2D eigenvalue weighted by molar-refractivity contribution is 0.112. The molecule has 2 nitrogen and oxygen atoms in total. The lowest BCUT2D eigenvalue weighted by atomic mass is 10.2. The predicted octanol–water partition coefficient (Wildman–Crippen LogP) is 2.80. The van der Waals surface area contributed by atoms with Crippen molar-refractivity contribution in [3.8, 4) is 5.75 Å². The van der Waals surface area contributed by atoms with Gasteiger partial charge in [0.1, 0.15) is 17.9 Å². The van der Waals surface area contributed by atoms with Crippen molar-refractivity contribution in [3.05, 3.63) is 28.0 Å². The summed E-state index contributed by atoms with van der Waals surface area (Å²) in [6.45, 7) is 2.22. The Morgan fingerprint density at radius 3 is 2.85 bits per heavy atom. The number of benzene rings is 1. The monoisotopic (exact) mass is 246 g/mol. The van der Waals surface area contributed by atoms with E-state index in [2.05, 4.69) is 15.9 Å². The Balaban J connectivity index is 3.16. The number of hydrogen-bond acceptors (Lipinski definition) is 2. The number of hydrogen-bond donors (Lipinski definition) is 0. The van der Waals surface area contributed by atoms with Gasteiger partial charge in [-0.2, -0.15) is 0 Å². The van der Waals surface area contributed by atoms with Crippen LogP contribution in [0.25, 0.3) is 0 Å². The summed E-state index contributed by atoms with van der Waals surface area (Å²) in [7, 11) is 0. The Bertz CT molecular complexity index is 326. The van der Waals surface area contributed by atoms with E-state index in [1.54, 1.807) is 6.92 Å². The third kappa shape index (κ3) is 2.28. The second-order valence-corrected chi connectivity index (χ2v) is 3.16. The van der Waals surface area contributed by atoms with Crippen LogP contribution in [0.3, 0.4) is 0 Å². The van der Waals surface area contributed by atoms with Crippen LogP contribution >= 0.6 is 15.9 Å². The molecule has 0 aromatic heterocycles. The molecule has 0 heterocycles. The molecule has 1 aromatic carbocycles. The van der Waals surface area contributed by atoms with Crippen LogP contribution in [-0.4, -0.2) is 12.9 Å². The quantitative estimate of drug-likeness (QED) is 0.767. The summed E-state index contributed by atoms with van der Waals surface area (Å²) in [5.41, 5.74) is 0.268. The molecule has 0 radical (unpaired) electrons. The Morgan fingerprint density at radius 1 is 1.62 bits per heavy atom. The second-order valence-electron chi connectivity index (χ2n) is 2.37. The summed E-state index contributed by atoms with van der Waals surface area (Å²) >= 11 is 3.03. The van der Waals surface area contributed by atoms with Crippen molar-refractivity contribution in [1.29, 1.82) is 0 Å². The van der Waals surface area contributed by atoms with Crippen molar-refractivity contribution in [2.24, 2.45) is 0 Å². The van der Waals surface area contributed by atoms with Crippen LogP contribution in [0.1, 0.15) is 17.3 Å². The zero-order chi connectivity index (χ0) is 9.84. The molecule has 0 N–H and O–H groups in total. The summed E-state index contributed by atoms with van der Waals surface area (Å²) in [5, 5.41) is 0. The lowest BCUT2D eigenvalue weighted by Gasteiger charge is -2.06. The predicted molar refractivity (Wildman–Crippen MR) is 50.7 cm³/mol. The Labute approximate surface area is 83.8 Å². The average Bonchev–Trinajstić information content (AvgIpc) is 2.13. The highest BCUT2D eigenvalue weighted by Crippen LogP contribution is 2.28. The summed E-state index contributed by atoms with van der Waals surface area (Å²) < 4.78 is 18.4. The van der Waals surface area contributed by atoms with Gasteiger partial charge >= 0.3 is 0 Å². The Kier molecular flexibility index (Phi) is 3.42. The smallest absolute Gasteiger partial charge is 0.150 e. The normalized spacial score (nSPS) is 9.77. The molecule has 0 spiro atoms. The molecule has 0 bridgehead atoms. The highest BCUT2D eigenvalue weighted by atomic mass is 79.9. The molecule has 13 heavy (non-hydrogen) atoms. The lowest BCUT2D eigenvalue weighted by Crippen LogP contribution is -1.95. The van der Waals surface area contributed by atoms with Crippen LogP contribution in [0.4, 0.5) is 4.39 Å². The van der Waals surface area contributed by atoms with E-state index in [0.717, 1.165) is 6.07 Å². The largest absolute Gasteiger partial charge is 0.493 e. The van der Waals surface area contributed by atoms with Crippen molar-refractivity contribution >= 4 is 22.2 Å². The van der Waals surface area contributed by atoms with E-state index in [1.165, 1.54) is 6.07 Å². The number of aldehydes is 1. The van der Waals surface area contributed by atoms with Crippen LogP contribution in [0.2, 0.25) is 0 Å². The first-order chi connectivity index (χ1) is 6.19. The van der Waals surface area contributed by atoms with Gasteiger partial charge in [-0.3, -0.25) is 4.79 Å². The zero-order valence-corrected chi connectivity index (χ0v) is 8.60. The van der Waals surface area contributed by atoms with Crippen molar-refractivity contribution in [3.63, 3.8) is 0 Å². The number of rotatable bonds is 3. The highest BCUT2D eigenvalue weighted by molar-refractivity contribution is 9.10. The van der Waals surface area contributed by atoms with Gasteiger partial charge in [-0.15, -0.1) is 0 Å². The minimum absolute atomic E-state index is 0.250. The van der Waals surface area contributed by atoms with Crippen molar-refractivity contribution in [2.75, 3.05) is 6.61 Å². The molecule has 4 heteroatoms. The van der Waals surface area contributed by atoms with Crippen LogP contribution in [0.5, 0.6) is 5.75 Å². The third-order valence-electron chi connectivity index (χ3n) is 1.45. The Morgan fingerprint density at radius 2 is 2.31 bits per heavy atom. The molecule has 0 unspecified atom stereocenters. The molecular formula is C9H8BrFO2. The maximum atomic E-state index is 13.1. The maximum absolute atomic E-state index is 13.1. The second kappa shape index (κ2) is 4.37. The minimum atomic E-state index is -0.493. The van der Waals surface area contributed by atoms with Gasteiger partial charge in [-0.25, -0.2) is 4.39 Å². The fraction of sp³-hybridized carbons (Fsp3) is 0.222. The third-order valence-corrected chi connectivity index (χ3v) is 2.22. The van der Waals surface area contributed by atoms with Gasteiger partial charge in [0.15, 0.2) is 0 Å². The number of carbonyl (C=O) groups is 1. The van der Waals surface area contributed by atoms with Crippen LogP contribution in [-0.2, 0) is 0 Å². The molecule has 0 aliphatic rings. The fourth-order valence-corrected chi connectivity index (χ4v) is 1.26. The summed E-state index contributed by atoms with van der Waals surface area (Å²) in [6.07, 6.45) is 0.581. The van der Waals surface area contributed by atoms with Gasteiger partial charge < -0.3 is 4.74 Å². The first-order valence-corrected chi connectivity index (χ1v) is 4.55. The van der Waals surface area contributed by atoms with Crippen molar-refractivity contribution < 1.29 is 13.9 Å². The van der Waals surface area contributed by atoms with E-state index in [9.17, 15) is 9.18 Å². The van der Waals surface area contributed by atoms with Crippen molar-refractivity contribution in [2.45, 2.75) is 6.92 Å². The highest BCUT2D eigenvalue weighted by Gasteiger charge is 2.08. The van der Waals surface area contributed by atoms with Crippen LogP contribution in [0.15, 0.2) is 16.6 Å². The molecule has 0 saturated heterocycles. The number of halogens is 2. The van der Waals surface area contributed by atoms with E-state index in [-0.39, 0.29) is 10.0 Å². The molecule has 0 fully saturated rings. The molecule has 0 aliphatic carbocycles. The van der Waals surface area contributed by atoms with Crippen LogP contribution in [0, 0.1) is 5.82 Å². The topological polar surface area (TPSA) is 26.3 Å². The van der Waals surface area contributed by atoms with Gasteiger partial charge in [0.2, 0.25) is 0 Å². The van der Waals surface area contributed by atoms with Crippen molar-refractivity contribution in [1.82, 2.24) is 0 Å².